The van der Waals surface area contributed by atoms with Gasteiger partial charge in [0.1, 0.15) is 0 Å². The average Bonchev–Trinajstić information content (AvgIpc) is 1.16. The molecule has 0 saturated heterocycles. The second kappa shape index (κ2) is 28.3. The van der Waals surface area contributed by atoms with Gasteiger partial charge >= 0.3 is 0 Å². The Bertz CT molecular complexity index is 7750. The fraction of sp³-hybridized carbons (Fsp3) is 0.0796. The molecule has 0 unspecified atom stereocenters. The van der Waals surface area contributed by atoms with Crippen LogP contribution in [-0.4, -0.2) is 49.0 Å². The third-order valence-corrected chi connectivity index (χ3v) is 25.9. The highest BCUT2D eigenvalue weighted by Gasteiger charge is 2.44. The van der Waals surface area contributed by atoms with Gasteiger partial charge in [0.2, 0.25) is 0 Å². The monoisotopic (exact) mass is 1580 g/mol. The number of nitrogens with zero attached hydrogens (tertiary/aromatic N) is 10. The minimum Gasteiger partial charge on any atom is -0.309 e. The summed E-state index contributed by atoms with van der Waals surface area (Å²) in [5.41, 5.74) is 36.4. The van der Waals surface area contributed by atoms with E-state index in [0.29, 0.717) is 5.82 Å². The van der Waals surface area contributed by atoms with E-state index in [1.54, 1.807) is 0 Å². The third kappa shape index (κ3) is 11.5. The molecule has 0 saturated carbocycles. The summed E-state index contributed by atoms with van der Waals surface area (Å²) < 4.78 is 4.75. The smallest absolute Gasteiger partial charge is 0.160 e. The summed E-state index contributed by atoms with van der Waals surface area (Å²) in [6, 6.07) is 129. The molecule has 21 aromatic rings. The zero-order valence-corrected chi connectivity index (χ0v) is 68.8. The van der Waals surface area contributed by atoms with Crippen LogP contribution in [0.1, 0.15) is 74.9 Å². The van der Waals surface area contributed by atoms with Crippen molar-refractivity contribution < 1.29 is 0 Å². The lowest BCUT2D eigenvalue weighted by Gasteiger charge is -2.24. The van der Waals surface area contributed by atoms with Crippen LogP contribution in [0, 0.1) is 0 Å². The molecule has 25 rings (SSSR count). The van der Waals surface area contributed by atoms with Gasteiger partial charge in [-0.2, -0.15) is 0 Å². The Balaban J connectivity index is 0.000000107. The second-order valence-corrected chi connectivity index (χ2v) is 34.0. The second-order valence-electron chi connectivity index (χ2n) is 34.0. The summed E-state index contributed by atoms with van der Waals surface area (Å²) in [4.78, 5) is 40.7. The highest BCUT2D eigenvalue weighted by molar-refractivity contribution is 6.19. The lowest BCUT2D eigenvalue weighted by atomic mass is 9.80. The Hall–Kier alpha value is -15.5. The molecule has 0 aliphatic heterocycles. The number of hydrogen-bond donors (Lipinski definition) is 0. The van der Waals surface area contributed by atoms with Gasteiger partial charge in [-0.05, 0) is 140 Å². The minimum absolute atomic E-state index is 0.222. The fourth-order valence-electron chi connectivity index (χ4n) is 20.2. The van der Waals surface area contributed by atoms with Crippen molar-refractivity contribution in [2.75, 3.05) is 0 Å². The Morgan fingerprint density at radius 2 is 0.553 bits per heavy atom. The van der Waals surface area contributed by atoms with Gasteiger partial charge in [-0.15, -0.1) is 0 Å². The van der Waals surface area contributed by atoms with Crippen molar-refractivity contribution in [1.82, 2.24) is 49.0 Å². The maximum Gasteiger partial charge on any atom is 0.160 e. The van der Waals surface area contributed by atoms with E-state index in [-0.39, 0.29) is 16.2 Å². The Kier molecular flexibility index (Phi) is 16.7. The number of para-hydroxylation sites is 4. The van der Waals surface area contributed by atoms with Gasteiger partial charge in [-0.3, -0.25) is 9.97 Å². The summed E-state index contributed by atoms with van der Waals surface area (Å²) in [7, 11) is 0. The van der Waals surface area contributed by atoms with E-state index >= 15 is 0 Å². The van der Waals surface area contributed by atoms with Crippen molar-refractivity contribution in [2.45, 2.75) is 57.8 Å². The largest absolute Gasteiger partial charge is 0.309 e. The van der Waals surface area contributed by atoms with Gasteiger partial charge in [0.05, 0.1) is 67.6 Å². The molecule has 10 nitrogen and oxygen atoms in total. The van der Waals surface area contributed by atoms with E-state index in [1.165, 1.54) is 116 Å². The van der Waals surface area contributed by atoms with Crippen LogP contribution in [0.4, 0.5) is 0 Å². The van der Waals surface area contributed by atoms with Gasteiger partial charge in [-0.25, -0.2) is 29.9 Å². The van der Waals surface area contributed by atoms with Crippen molar-refractivity contribution in [2.24, 2.45) is 0 Å². The van der Waals surface area contributed by atoms with Crippen LogP contribution < -0.4 is 0 Å². The Morgan fingerprint density at radius 1 is 0.211 bits per heavy atom. The number of rotatable bonds is 9. The van der Waals surface area contributed by atoms with Crippen LogP contribution in [0.2, 0.25) is 0 Å². The summed E-state index contributed by atoms with van der Waals surface area (Å²) in [5.74, 6) is 2.19. The molecular weight excluding hydrogens is 1500 g/mol. The molecule has 0 atom stereocenters. The molecule has 0 amide bonds. The topological polar surface area (TPSA) is 113 Å². The Labute approximate surface area is 713 Å². The lowest BCUT2D eigenvalue weighted by Crippen LogP contribution is -2.18. The molecule has 10 heteroatoms. The molecule has 0 N–H and O–H groups in total. The van der Waals surface area contributed by atoms with Crippen molar-refractivity contribution >= 4 is 54.4 Å². The quantitative estimate of drug-likeness (QED) is 0.140. The molecule has 123 heavy (non-hydrogen) atoms. The average molecular weight is 1580 g/mol. The zero-order valence-electron chi connectivity index (χ0n) is 68.8. The van der Waals surface area contributed by atoms with Crippen molar-refractivity contribution in [3.05, 3.63) is 410 Å². The van der Waals surface area contributed by atoms with Crippen LogP contribution in [0.5, 0.6) is 0 Å². The maximum atomic E-state index is 5.31. The van der Waals surface area contributed by atoms with E-state index in [9.17, 15) is 0 Å². The third-order valence-electron chi connectivity index (χ3n) is 25.9. The first-order valence-electron chi connectivity index (χ1n) is 42.2. The fourth-order valence-corrected chi connectivity index (χ4v) is 20.2. The number of benzene rings is 14. The molecule has 4 aliphatic carbocycles. The molecule has 0 spiro atoms. The highest BCUT2D eigenvalue weighted by atomic mass is 15.0. The van der Waals surface area contributed by atoms with Crippen LogP contribution >= 0.6 is 0 Å². The molecule has 0 radical (unpaired) electrons. The molecule has 582 valence electrons. The highest BCUT2D eigenvalue weighted by Crippen LogP contribution is 2.57. The van der Waals surface area contributed by atoms with Crippen molar-refractivity contribution in [3.63, 3.8) is 0 Å². The first-order valence-corrected chi connectivity index (χ1v) is 42.2. The van der Waals surface area contributed by atoms with Gasteiger partial charge in [0, 0.05) is 117 Å². The molecule has 0 fully saturated rings. The molecule has 14 aromatic carbocycles. The van der Waals surface area contributed by atoms with Crippen molar-refractivity contribution in [3.8, 4) is 147 Å². The molecular formula is C113H80N10. The predicted molar refractivity (Wildman–Crippen MR) is 503 cm³/mol. The maximum absolute atomic E-state index is 5.31. The van der Waals surface area contributed by atoms with Crippen LogP contribution in [0.3, 0.4) is 0 Å². The standard InChI is InChI=1S/C41H28N2.2C36H26N4/c1-41(2)35-21-9-8-18-34(35)39-37(41)38(42-40(43-39)25-12-4-3-5-13-25)27-15-10-14-26(24-27)28-22-23-33-30-17-7-6-16-29(30)32-20-11-19-31(28)36(32)33;1-36(2)28-20-19-24(40-30-17-8-6-14-25(30)26-15-7-9-18-31(26)40)22-27(28)33-32(36)34(29-16-10-11-21-37-29)39-35(38-33)23-12-4-3-5-13-23;1-36(2)28-22-24(40-30-17-8-6-14-25(30)26-15-7-9-18-31(26)40)19-20-27(28)33-32(36)34(29-16-10-11-21-37-29)39-35(38-33)23-12-4-3-5-13-23/h3-24H,1-2H3;2*3-22H,1-2H3. The van der Waals surface area contributed by atoms with Gasteiger partial charge in [0.15, 0.2) is 17.5 Å². The van der Waals surface area contributed by atoms with Gasteiger partial charge in [-0.1, -0.05) is 327 Å². The molecule has 7 aromatic heterocycles. The molecule has 4 aliphatic rings. The SMILES string of the molecule is CC1(C)c2cc(-n3c4ccccc4c4ccccc43)ccc2-c2nc(-c3ccccc3)nc(-c3ccccn3)c21.CC1(C)c2ccc(-n3c4ccccc4c4ccccc43)cc2-c2nc(-c3ccccc3)nc(-c3ccccn3)c21.CC1(C)c2ccccc2-c2nc(-c3ccccc3)nc(-c3cccc(-c4ccc5c6c(cccc46)-c4ccccc4-5)c3)c21. The number of fused-ring (bicyclic) bond motifs is 18. The lowest BCUT2D eigenvalue weighted by molar-refractivity contribution is 0.657. The van der Waals surface area contributed by atoms with Crippen molar-refractivity contribution in [1.29, 1.82) is 0 Å². The van der Waals surface area contributed by atoms with E-state index in [0.717, 1.165) is 113 Å². The molecule has 0 bridgehead atoms. The van der Waals surface area contributed by atoms with E-state index < -0.39 is 0 Å². The minimum atomic E-state index is -0.318. The van der Waals surface area contributed by atoms with Crippen LogP contribution in [0.15, 0.2) is 376 Å². The first kappa shape index (κ1) is 72.7. The number of aromatic nitrogens is 10. The van der Waals surface area contributed by atoms with Crippen LogP contribution in [-0.2, 0) is 16.2 Å². The Morgan fingerprint density at radius 3 is 1.07 bits per heavy atom. The van der Waals surface area contributed by atoms with E-state index in [1.807, 2.05) is 91.3 Å². The summed E-state index contributed by atoms with van der Waals surface area (Å²) in [6.45, 7) is 13.7. The normalized spacial score (nSPS) is 13.5. The van der Waals surface area contributed by atoms with Crippen LogP contribution in [0.25, 0.3) is 201 Å². The first-order chi connectivity index (χ1) is 60.3. The van der Waals surface area contributed by atoms with Gasteiger partial charge in [0.25, 0.3) is 0 Å². The summed E-state index contributed by atoms with van der Waals surface area (Å²) >= 11 is 0. The zero-order chi connectivity index (χ0) is 82.4. The predicted octanol–water partition coefficient (Wildman–Crippen LogP) is 27.8. The molecule has 7 heterocycles. The summed E-state index contributed by atoms with van der Waals surface area (Å²) in [5, 5.41) is 7.66. The van der Waals surface area contributed by atoms with E-state index in [4.69, 9.17) is 39.9 Å². The number of hydrogen-bond acceptors (Lipinski definition) is 8. The van der Waals surface area contributed by atoms with Gasteiger partial charge < -0.3 is 9.13 Å². The summed E-state index contributed by atoms with van der Waals surface area (Å²) in [6.07, 6.45) is 3.67. The van der Waals surface area contributed by atoms with E-state index in [2.05, 4.69) is 336 Å². The number of pyridine rings is 2.